The molecule has 1 unspecified atom stereocenters. The number of nitrogens with two attached hydrogens (primary N) is 1. The highest BCUT2D eigenvalue weighted by molar-refractivity contribution is 6.31. The number of aryl methyl sites for hydroxylation is 1. The minimum Gasteiger partial charge on any atom is -0.322 e. The zero-order valence-corrected chi connectivity index (χ0v) is 11.5. The zero-order chi connectivity index (χ0) is 13.8. The largest absolute Gasteiger partial charge is 0.322 e. The predicted octanol–water partition coefficient (Wildman–Crippen LogP) is 3.68. The van der Waals surface area contributed by atoms with Crippen LogP contribution in [0, 0.1) is 5.82 Å². The first kappa shape index (κ1) is 14.0. The third-order valence-corrected chi connectivity index (χ3v) is 3.47. The third-order valence-electron chi connectivity index (χ3n) is 3.11. The van der Waals surface area contributed by atoms with Crippen molar-refractivity contribution in [1.29, 1.82) is 0 Å². The molecular weight excluding hydrogens is 263 g/mol. The summed E-state index contributed by atoms with van der Waals surface area (Å²) in [5.74, 6) is -0.339. The number of rotatable bonds is 4. The smallest absolute Gasteiger partial charge is 0.124 e. The normalized spacial score (nSPS) is 12.4. The summed E-state index contributed by atoms with van der Waals surface area (Å²) < 4.78 is 13.0. The van der Waals surface area contributed by atoms with Crippen LogP contribution < -0.4 is 5.73 Å². The fourth-order valence-electron chi connectivity index (χ4n) is 2.10. The average Bonchev–Trinajstić information content (AvgIpc) is 2.41. The second-order valence-corrected chi connectivity index (χ2v) is 4.85. The van der Waals surface area contributed by atoms with Gasteiger partial charge in [0.15, 0.2) is 0 Å². The molecule has 0 aliphatic carbocycles. The van der Waals surface area contributed by atoms with Gasteiger partial charge in [-0.15, -0.1) is 0 Å². The van der Waals surface area contributed by atoms with Gasteiger partial charge in [0.05, 0.1) is 11.7 Å². The topological polar surface area (TPSA) is 38.9 Å². The second kappa shape index (κ2) is 6.13. The van der Waals surface area contributed by atoms with E-state index < -0.39 is 0 Å². The molecule has 4 heteroatoms. The van der Waals surface area contributed by atoms with Crippen molar-refractivity contribution in [3.63, 3.8) is 0 Å². The van der Waals surface area contributed by atoms with Crippen molar-refractivity contribution in [2.45, 2.75) is 25.8 Å². The summed E-state index contributed by atoms with van der Waals surface area (Å²) in [5.41, 5.74) is 9.04. The Hall–Kier alpha value is -1.45. The minimum atomic E-state index is -0.339. The Morgan fingerprint density at radius 2 is 2.11 bits per heavy atom. The Kier molecular flexibility index (Phi) is 4.51. The molecule has 0 saturated carbocycles. The summed E-state index contributed by atoms with van der Waals surface area (Å²) in [5, 5.41) is 0.407. The summed E-state index contributed by atoms with van der Waals surface area (Å²) >= 11 is 6.02. The molecule has 1 heterocycles. The Bertz CT molecular complexity index is 572. The van der Waals surface area contributed by atoms with Crippen LogP contribution in [0.1, 0.15) is 29.8 Å². The van der Waals surface area contributed by atoms with Crippen molar-refractivity contribution in [2.75, 3.05) is 0 Å². The van der Waals surface area contributed by atoms with Gasteiger partial charge in [-0.2, -0.15) is 0 Å². The third kappa shape index (κ3) is 3.31. The van der Waals surface area contributed by atoms with E-state index in [9.17, 15) is 4.39 Å². The van der Waals surface area contributed by atoms with E-state index in [1.807, 2.05) is 12.1 Å². The molecule has 0 aliphatic rings. The molecule has 0 fully saturated rings. The van der Waals surface area contributed by atoms with Gasteiger partial charge in [0.2, 0.25) is 0 Å². The van der Waals surface area contributed by atoms with Gasteiger partial charge in [0.1, 0.15) is 5.82 Å². The first-order valence-corrected chi connectivity index (χ1v) is 6.63. The monoisotopic (exact) mass is 278 g/mol. The molecular formula is C15H16ClFN2. The lowest BCUT2D eigenvalue weighted by Gasteiger charge is -2.15. The number of pyridine rings is 1. The van der Waals surface area contributed by atoms with E-state index in [0.29, 0.717) is 11.4 Å². The molecule has 2 nitrogen and oxygen atoms in total. The maximum Gasteiger partial charge on any atom is 0.124 e. The molecule has 0 saturated heterocycles. The van der Waals surface area contributed by atoms with E-state index in [2.05, 4.69) is 11.9 Å². The lowest BCUT2D eigenvalue weighted by Crippen LogP contribution is -2.17. The standard InChI is InChI=1S/C15H16ClFN2/c1-2-10-4-3-7-19-15(10)14(18)8-11-5-6-12(17)9-13(11)16/h3-7,9,14H,2,8,18H2,1H3. The van der Waals surface area contributed by atoms with Crippen LogP contribution in [0.15, 0.2) is 36.5 Å². The van der Waals surface area contributed by atoms with Gasteiger partial charge >= 0.3 is 0 Å². The molecule has 0 amide bonds. The quantitative estimate of drug-likeness (QED) is 0.927. The molecule has 100 valence electrons. The zero-order valence-electron chi connectivity index (χ0n) is 10.7. The maximum absolute atomic E-state index is 13.0. The second-order valence-electron chi connectivity index (χ2n) is 4.45. The number of nitrogens with zero attached hydrogens (tertiary/aromatic N) is 1. The van der Waals surface area contributed by atoms with Crippen molar-refractivity contribution >= 4 is 11.6 Å². The van der Waals surface area contributed by atoms with Crippen molar-refractivity contribution in [3.05, 3.63) is 64.2 Å². The highest BCUT2D eigenvalue weighted by Gasteiger charge is 2.14. The van der Waals surface area contributed by atoms with E-state index in [1.54, 1.807) is 12.3 Å². The number of hydrogen-bond donors (Lipinski definition) is 1. The van der Waals surface area contributed by atoms with Gasteiger partial charge in [0, 0.05) is 11.2 Å². The first-order valence-electron chi connectivity index (χ1n) is 6.25. The van der Waals surface area contributed by atoms with Crippen LogP contribution in [-0.2, 0) is 12.8 Å². The number of halogens is 2. The van der Waals surface area contributed by atoms with Crippen LogP contribution in [-0.4, -0.2) is 4.98 Å². The molecule has 1 aromatic heterocycles. The van der Waals surface area contributed by atoms with Gasteiger partial charge in [0.25, 0.3) is 0 Å². The van der Waals surface area contributed by atoms with Crippen LogP contribution in [0.25, 0.3) is 0 Å². The Labute approximate surface area is 117 Å². The van der Waals surface area contributed by atoms with Gasteiger partial charge in [-0.25, -0.2) is 4.39 Å². The van der Waals surface area contributed by atoms with Crippen LogP contribution in [0.3, 0.4) is 0 Å². The summed E-state index contributed by atoms with van der Waals surface area (Å²) in [6, 6.07) is 8.06. The van der Waals surface area contributed by atoms with Crippen LogP contribution in [0.2, 0.25) is 5.02 Å². The fraction of sp³-hybridized carbons (Fsp3) is 0.267. The summed E-state index contributed by atoms with van der Waals surface area (Å²) in [6.45, 7) is 2.07. The van der Waals surface area contributed by atoms with E-state index in [4.69, 9.17) is 17.3 Å². The van der Waals surface area contributed by atoms with Crippen LogP contribution in [0.5, 0.6) is 0 Å². The molecule has 0 bridgehead atoms. The molecule has 2 aromatic rings. The lowest BCUT2D eigenvalue weighted by atomic mass is 9.99. The molecule has 1 atom stereocenters. The summed E-state index contributed by atoms with van der Waals surface area (Å²) in [7, 11) is 0. The van der Waals surface area contributed by atoms with Crippen LogP contribution in [0.4, 0.5) is 4.39 Å². The number of aromatic nitrogens is 1. The Balaban J connectivity index is 2.23. The molecule has 0 radical (unpaired) electrons. The van der Waals surface area contributed by atoms with E-state index >= 15 is 0 Å². The van der Waals surface area contributed by atoms with Gasteiger partial charge in [-0.3, -0.25) is 4.98 Å². The Morgan fingerprint density at radius 3 is 2.79 bits per heavy atom. The molecule has 2 N–H and O–H groups in total. The fourth-order valence-corrected chi connectivity index (χ4v) is 2.35. The van der Waals surface area contributed by atoms with Crippen LogP contribution >= 0.6 is 11.6 Å². The van der Waals surface area contributed by atoms with Crippen molar-refractivity contribution < 1.29 is 4.39 Å². The van der Waals surface area contributed by atoms with Crippen molar-refractivity contribution in [2.24, 2.45) is 5.73 Å². The van der Waals surface area contributed by atoms with Gasteiger partial charge in [-0.05, 0) is 42.2 Å². The first-order chi connectivity index (χ1) is 9.11. The Morgan fingerprint density at radius 1 is 1.32 bits per heavy atom. The molecule has 0 aliphatic heterocycles. The predicted molar refractivity (Wildman–Crippen MR) is 75.7 cm³/mol. The molecule has 0 spiro atoms. The van der Waals surface area contributed by atoms with Gasteiger partial charge < -0.3 is 5.73 Å². The summed E-state index contributed by atoms with van der Waals surface area (Å²) in [6.07, 6.45) is 3.16. The lowest BCUT2D eigenvalue weighted by molar-refractivity contribution is 0.625. The maximum atomic E-state index is 13.0. The van der Waals surface area contributed by atoms with Crippen molar-refractivity contribution in [1.82, 2.24) is 4.98 Å². The number of benzene rings is 1. The SMILES string of the molecule is CCc1cccnc1C(N)Cc1ccc(F)cc1Cl. The highest BCUT2D eigenvalue weighted by Crippen LogP contribution is 2.23. The van der Waals surface area contributed by atoms with E-state index in [0.717, 1.165) is 23.2 Å². The summed E-state index contributed by atoms with van der Waals surface area (Å²) in [4.78, 5) is 4.35. The molecule has 2 rings (SSSR count). The van der Waals surface area contributed by atoms with Gasteiger partial charge in [-0.1, -0.05) is 30.7 Å². The van der Waals surface area contributed by atoms with Crippen molar-refractivity contribution in [3.8, 4) is 0 Å². The van der Waals surface area contributed by atoms with E-state index in [1.165, 1.54) is 12.1 Å². The average molecular weight is 279 g/mol. The minimum absolute atomic E-state index is 0.237. The highest BCUT2D eigenvalue weighted by atomic mass is 35.5. The number of hydrogen-bond acceptors (Lipinski definition) is 2. The molecule has 1 aromatic carbocycles. The van der Waals surface area contributed by atoms with E-state index in [-0.39, 0.29) is 11.9 Å². The molecule has 19 heavy (non-hydrogen) atoms.